The lowest BCUT2D eigenvalue weighted by Gasteiger charge is -2.20. The zero-order valence-electron chi connectivity index (χ0n) is 28.4. The van der Waals surface area contributed by atoms with Crippen molar-refractivity contribution in [1.82, 2.24) is 30.0 Å². The van der Waals surface area contributed by atoms with E-state index in [0.29, 0.717) is 12.2 Å². The van der Waals surface area contributed by atoms with Crippen LogP contribution < -0.4 is 10.6 Å². The van der Waals surface area contributed by atoms with Gasteiger partial charge in [0.25, 0.3) is 0 Å². The van der Waals surface area contributed by atoms with Crippen molar-refractivity contribution in [3.05, 3.63) is 108 Å². The first-order valence-corrected chi connectivity index (χ1v) is 15.9. The van der Waals surface area contributed by atoms with Crippen molar-refractivity contribution in [3.63, 3.8) is 0 Å². The van der Waals surface area contributed by atoms with E-state index in [9.17, 15) is 4.39 Å². The van der Waals surface area contributed by atoms with Gasteiger partial charge in [0.2, 0.25) is 0 Å². The number of pyridine rings is 2. The van der Waals surface area contributed by atoms with E-state index in [-0.39, 0.29) is 11.2 Å². The Balaban J connectivity index is 1.48. The molecule has 0 aliphatic carbocycles. The van der Waals surface area contributed by atoms with Crippen LogP contribution in [-0.2, 0) is 0 Å². The van der Waals surface area contributed by atoms with Gasteiger partial charge in [-0.25, -0.2) is 9.37 Å². The highest BCUT2D eigenvalue weighted by atomic mass is 19.1. The van der Waals surface area contributed by atoms with Crippen LogP contribution in [0.3, 0.4) is 0 Å². The standard InChI is InChI=1S/C38H45FN8/c1-9-10-11-32(26-14-29(39)18-30(15-26)41-12-13-47(7)8)33-19-35(44-25(33)3)36-34-17-28(22-42-37(34)46-45-36)27-16-31(23-40-21-27)43-24(2)20-38(4,5)6/h9-11,14-19,21-23,41,43-44H,2,12-13,20H2,1,3-8H3,(H,42,45,46)/b10-9-,32-11-. The molecule has 4 heterocycles. The third-order valence-corrected chi connectivity index (χ3v) is 7.67. The lowest BCUT2D eigenvalue weighted by Crippen LogP contribution is -2.20. The molecule has 5 aromatic rings. The van der Waals surface area contributed by atoms with Gasteiger partial charge >= 0.3 is 0 Å². The van der Waals surface area contributed by atoms with Crippen molar-refractivity contribution in [3.8, 4) is 22.5 Å². The third-order valence-electron chi connectivity index (χ3n) is 7.67. The van der Waals surface area contributed by atoms with Crippen LogP contribution in [0.4, 0.5) is 15.8 Å². The molecule has 5 rings (SSSR count). The summed E-state index contributed by atoms with van der Waals surface area (Å²) in [5, 5.41) is 15.3. The number of anilines is 2. The number of H-pyrrole nitrogens is 2. The van der Waals surface area contributed by atoms with Crippen LogP contribution >= 0.6 is 0 Å². The van der Waals surface area contributed by atoms with Gasteiger partial charge in [-0.05, 0) is 87.3 Å². The molecule has 4 N–H and O–H groups in total. The first kappa shape index (κ1) is 33.3. The molecule has 0 aliphatic rings. The van der Waals surface area contributed by atoms with E-state index in [1.165, 1.54) is 6.07 Å². The number of nitrogens with zero attached hydrogens (tertiary/aromatic N) is 4. The number of aryl methyl sites for hydroxylation is 1. The minimum atomic E-state index is -0.292. The Morgan fingerprint density at radius 2 is 1.81 bits per heavy atom. The van der Waals surface area contributed by atoms with Gasteiger partial charge in [0.1, 0.15) is 5.82 Å². The van der Waals surface area contributed by atoms with E-state index < -0.39 is 0 Å². The van der Waals surface area contributed by atoms with Crippen molar-refractivity contribution < 1.29 is 4.39 Å². The third kappa shape index (κ3) is 8.42. The Kier molecular flexibility index (Phi) is 10.1. The van der Waals surface area contributed by atoms with E-state index in [1.54, 1.807) is 12.3 Å². The molecule has 4 aromatic heterocycles. The number of allylic oxidation sites excluding steroid dienone is 4. The molecule has 0 spiro atoms. The lowest BCUT2D eigenvalue weighted by atomic mass is 9.91. The maximum Gasteiger partial charge on any atom is 0.181 e. The molecular formula is C38H45FN8. The van der Waals surface area contributed by atoms with Crippen LogP contribution in [0.15, 0.2) is 85.5 Å². The molecule has 0 saturated carbocycles. The number of aromatic amines is 2. The number of halogens is 1. The lowest BCUT2D eigenvalue weighted by molar-refractivity contribution is 0.411. The Morgan fingerprint density at radius 1 is 1.02 bits per heavy atom. The number of nitrogens with one attached hydrogen (secondary N) is 4. The number of aromatic nitrogens is 5. The average molecular weight is 633 g/mol. The molecule has 0 radical (unpaired) electrons. The van der Waals surface area contributed by atoms with Crippen molar-refractivity contribution in [1.29, 1.82) is 0 Å². The Morgan fingerprint density at radius 3 is 2.55 bits per heavy atom. The summed E-state index contributed by atoms with van der Waals surface area (Å²) in [6, 6.07) is 11.3. The molecule has 0 saturated heterocycles. The number of hydrogen-bond donors (Lipinski definition) is 4. The molecule has 0 aliphatic heterocycles. The fraction of sp³-hybridized carbons (Fsp3) is 0.289. The normalized spacial score (nSPS) is 12.4. The number of benzene rings is 1. The molecular weight excluding hydrogens is 587 g/mol. The van der Waals surface area contributed by atoms with Crippen molar-refractivity contribution >= 4 is 28.0 Å². The van der Waals surface area contributed by atoms with Crippen LogP contribution in [0.2, 0.25) is 0 Å². The van der Waals surface area contributed by atoms with E-state index >= 15 is 0 Å². The largest absolute Gasteiger partial charge is 0.384 e. The van der Waals surface area contributed by atoms with E-state index in [2.05, 4.69) is 86.2 Å². The SMILES string of the molecule is C=C(CC(C)(C)C)Nc1cncc(-c2cnc3n[nH]c(-c4cc(/C(=C\C=C/C)c5cc(F)cc(NCCN(C)C)c5)c(C)[nH]4)c3c2)c1. The maximum atomic E-state index is 14.9. The maximum absolute atomic E-state index is 14.9. The second-order valence-electron chi connectivity index (χ2n) is 13.4. The quantitative estimate of drug-likeness (QED) is 0.103. The molecule has 0 fully saturated rings. The predicted octanol–water partition coefficient (Wildman–Crippen LogP) is 8.81. The van der Waals surface area contributed by atoms with Gasteiger partial charge in [-0.2, -0.15) is 5.10 Å². The summed E-state index contributed by atoms with van der Waals surface area (Å²) in [4.78, 5) is 14.8. The smallest absolute Gasteiger partial charge is 0.181 e. The monoisotopic (exact) mass is 632 g/mol. The summed E-state index contributed by atoms with van der Waals surface area (Å²) in [6.45, 7) is 16.3. The van der Waals surface area contributed by atoms with Crippen LogP contribution in [0.25, 0.3) is 39.1 Å². The number of fused-ring (bicyclic) bond motifs is 1. The van der Waals surface area contributed by atoms with Crippen molar-refractivity contribution in [2.24, 2.45) is 5.41 Å². The van der Waals surface area contributed by atoms with Gasteiger partial charge in [-0.1, -0.05) is 45.6 Å². The summed E-state index contributed by atoms with van der Waals surface area (Å²) < 4.78 is 14.9. The Hall–Kier alpha value is -5.02. The fourth-order valence-corrected chi connectivity index (χ4v) is 5.59. The van der Waals surface area contributed by atoms with E-state index in [0.717, 1.165) is 80.3 Å². The second-order valence-corrected chi connectivity index (χ2v) is 13.4. The van der Waals surface area contributed by atoms with Crippen molar-refractivity contribution in [2.45, 2.75) is 41.0 Å². The van der Waals surface area contributed by atoms with Gasteiger partial charge < -0.3 is 20.5 Å². The van der Waals surface area contributed by atoms with E-state index in [4.69, 9.17) is 0 Å². The molecule has 0 unspecified atom stereocenters. The molecule has 9 heteroatoms. The number of rotatable bonds is 12. The van der Waals surface area contributed by atoms with Crippen LogP contribution in [0.1, 0.15) is 50.9 Å². The summed E-state index contributed by atoms with van der Waals surface area (Å²) >= 11 is 0. The molecule has 47 heavy (non-hydrogen) atoms. The highest BCUT2D eigenvalue weighted by Gasteiger charge is 2.18. The highest BCUT2D eigenvalue weighted by Crippen LogP contribution is 2.35. The molecule has 8 nitrogen and oxygen atoms in total. The molecule has 0 amide bonds. The fourth-order valence-electron chi connectivity index (χ4n) is 5.59. The highest BCUT2D eigenvalue weighted by molar-refractivity contribution is 5.94. The van der Waals surface area contributed by atoms with Gasteiger partial charge in [0.05, 0.1) is 23.3 Å². The van der Waals surface area contributed by atoms with Crippen LogP contribution in [-0.4, -0.2) is 57.2 Å². The topological polar surface area (TPSA) is 97.6 Å². The Bertz CT molecular complexity index is 1940. The summed E-state index contributed by atoms with van der Waals surface area (Å²) in [7, 11) is 4.03. The molecule has 1 aromatic carbocycles. The number of hydrogen-bond acceptors (Lipinski definition) is 6. The minimum Gasteiger partial charge on any atom is -0.384 e. The van der Waals surface area contributed by atoms with Crippen molar-refractivity contribution in [2.75, 3.05) is 37.8 Å². The number of likely N-dealkylation sites (N-methyl/N-ethyl adjacent to an activating group) is 1. The summed E-state index contributed by atoms with van der Waals surface area (Å²) in [5.41, 5.74) is 10.4. The Labute approximate surface area is 276 Å². The molecule has 0 bridgehead atoms. The molecule has 0 atom stereocenters. The van der Waals surface area contributed by atoms with Gasteiger partial charge in [0.15, 0.2) is 5.65 Å². The van der Waals surface area contributed by atoms with E-state index in [1.807, 2.05) is 64.6 Å². The van der Waals surface area contributed by atoms with Gasteiger partial charge in [-0.3, -0.25) is 10.1 Å². The summed E-state index contributed by atoms with van der Waals surface area (Å²) in [5.74, 6) is -0.292. The minimum absolute atomic E-state index is 0.129. The first-order chi connectivity index (χ1) is 22.4. The second kappa shape index (κ2) is 14.2. The zero-order valence-corrected chi connectivity index (χ0v) is 28.4. The molecule has 244 valence electrons. The van der Waals surface area contributed by atoms with Gasteiger partial charge in [-0.15, -0.1) is 0 Å². The summed E-state index contributed by atoms with van der Waals surface area (Å²) in [6.07, 6.45) is 12.3. The first-order valence-electron chi connectivity index (χ1n) is 15.9. The average Bonchev–Trinajstić information content (AvgIpc) is 3.59. The van der Waals surface area contributed by atoms with Crippen LogP contribution in [0.5, 0.6) is 0 Å². The predicted molar refractivity (Wildman–Crippen MR) is 194 cm³/mol. The zero-order chi connectivity index (χ0) is 33.7. The van der Waals surface area contributed by atoms with Crippen LogP contribution in [0, 0.1) is 18.2 Å². The van der Waals surface area contributed by atoms with Gasteiger partial charge in [0, 0.05) is 64.6 Å².